The molecule has 0 fully saturated rings. The van der Waals surface area contributed by atoms with Gasteiger partial charge in [-0.3, -0.25) is 4.79 Å². The molecule has 0 unspecified atom stereocenters. The number of hydrogen-bond acceptors (Lipinski definition) is 4. The van der Waals surface area contributed by atoms with Gasteiger partial charge in [0.2, 0.25) is 5.91 Å². The smallest absolute Gasteiger partial charge is 0.234 e. The predicted molar refractivity (Wildman–Crippen MR) is 85.1 cm³/mol. The number of hydrogen-bond donors (Lipinski definition) is 1. The quantitative estimate of drug-likeness (QED) is 0.658. The second-order valence-corrected chi connectivity index (χ2v) is 5.27. The van der Waals surface area contributed by atoms with Gasteiger partial charge in [-0.1, -0.05) is 37.1 Å². The first-order valence-electron chi connectivity index (χ1n) is 6.32. The Kier molecular flexibility index (Phi) is 4.94. The minimum absolute atomic E-state index is 0.126. The van der Waals surface area contributed by atoms with Gasteiger partial charge >= 0.3 is 0 Å². The van der Waals surface area contributed by atoms with Gasteiger partial charge < -0.3 is 5.32 Å². The van der Waals surface area contributed by atoms with E-state index in [0.29, 0.717) is 5.70 Å². The average molecular weight is 300 g/mol. The first kappa shape index (κ1) is 15.1. The van der Waals surface area contributed by atoms with Gasteiger partial charge in [-0.05, 0) is 19.1 Å². The topological polar surface area (TPSA) is 59.3 Å². The van der Waals surface area contributed by atoms with E-state index >= 15 is 0 Å². The lowest BCUT2D eigenvalue weighted by Gasteiger charge is -2.05. The van der Waals surface area contributed by atoms with Crippen molar-refractivity contribution in [2.24, 2.45) is 0 Å². The lowest BCUT2D eigenvalue weighted by atomic mass is 10.4. The molecule has 0 spiro atoms. The van der Waals surface area contributed by atoms with Crippen LogP contribution >= 0.6 is 11.8 Å². The van der Waals surface area contributed by atoms with Crippen LogP contribution in [0.15, 0.2) is 60.6 Å². The molecule has 0 aliphatic carbocycles. The number of allylic oxidation sites excluding steroid dienone is 3. The molecule has 2 aromatic rings. The zero-order valence-corrected chi connectivity index (χ0v) is 12.6. The lowest BCUT2D eigenvalue weighted by Crippen LogP contribution is -2.23. The summed E-state index contributed by atoms with van der Waals surface area (Å²) in [5.41, 5.74) is 2.35. The van der Waals surface area contributed by atoms with Gasteiger partial charge in [0, 0.05) is 18.1 Å². The van der Waals surface area contributed by atoms with E-state index in [9.17, 15) is 4.79 Å². The Morgan fingerprint density at radius 2 is 2.38 bits per heavy atom. The van der Waals surface area contributed by atoms with E-state index < -0.39 is 0 Å². The Bertz CT molecular complexity index is 718. The van der Waals surface area contributed by atoms with Gasteiger partial charge in [0.1, 0.15) is 5.03 Å². The molecular weight excluding hydrogens is 284 g/mol. The molecule has 108 valence electrons. The number of fused-ring (bicyclic) bond motifs is 1. The maximum Gasteiger partial charge on any atom is 0.234 e. The van der Waals surface area contributed by atoms with Crippen LogP contribution in [0.3, 0.4) is 0 Å². The minimum atomic E-state index is -0.126. The highest BCUT2D eigenvalue weighted by atomic mass is 32.2. The van der Waals surface area contributed by atoms with Crippen LogP contribution in [0.5, 0.6) is 0 Å². The number of aromatic nitrogens is 3. The molecule has 5 nitrogen and oxygen atoms in total. The molecule has 0 aromatic carbocycles. The molecule has 6 heteroatoms. The van der Waals surface area contributed by atoms with E-state index in [4.69, 9.17) is 0 Å². The molecule has 0 radical (unpaired) electrons. The molecule has 2 heterocycles. The molecular formula is C15H16N4OS. The molecule has 0 bridgehead atoms. The van der Waals surface area contributed by atoms with E-state index in [1.165, 1.54) is 11.8 Å². The highest BCUT2D eigenvalue weighted by Crippen LogP contribution is 2.21. The summed E-state index contributed by atoms with van der Waals surface area (Å²) in [7, 11) is 0. The predicted octanol–water partition coefficient (Wildman–Crippen LogP) is 2.50. The van der Waals surface area contributed by atoms with Crippen LogP contribution in [-0.4, -0.2) is 26.3 Å². The van der Waals surface area contributed by atoms with Gasteiger partial charge in [-0.2, -0.15) is 5.10 Å². The van der Waals surface area contributed by atoms with Crippen molar-refractivity contribution in [2.45, 2.75) is 11.9 Å². The number of rotatable bonds is 6. The molecule has 2 aromatic heterocycles. The van der Waals surface area contributed by atoms with Crippen LogP contribution in [-0.2, 0) is 4.79 Å². The van der Waals surface area contributed by atoms with Crippen LogP contribution in [0, 0.1) is 6.92 Å². The number of carbonyl (C=O) groups excluding carboxylic acids is 1. The fraction of sp³-hybridized carbons (Fsp3) is 0.133. The second kappa shape index (κ2) is 6.90. The van der Waals surface area contributed by atoms with E-state index in [1.807, 2.05) is 13.0 Å². The summed E-state index contributed by atoms with van der Waals surface area (Å²) in [5.74, 6) is 0.136. The number of thioether (sulfide) groups is 1. The zero-order chi connectivity index (χ0) is 15.2. The van der Waals surface area contributed by atoms with Crippen molar-refractivity contribution in [3.05, 3.63) is 61.2 Å². The minimum Gasteiger partial charge on any atom is -0.326 e. The van der Waals surface area contributed by atoms with E-state index in [0.717, 1.165) is 16.2 Å². The van der Waals surface area contributed by atoms with E-state index in [-0.39, 0.29) is 11.7 Å². The molecule has 0 saturated carbocycles. The van der Waals surface area contributed by atoms with E-state index in [2.05, 4.69) is 28.6 Å². The third-order valence-corrected chi connectivity index (χ3v) is 3.54. The summed E-state index contributed by atoms with van der Waals surface area (Å²) in [4.78, 5) is 16.1. The second-order valence-electron chi connectivity index (χ2n) is 4.30. The number of nitrogens with zero attached hydrogens (tertiary/aromatic N) is 3. The van der Waals surface area contributed by atoms with Gasteiger partial charge in [-0.25, -0.2) is 9.50 Å². The summed E-state index contributed by atoms with van der Waals surface area (Å²) in [6, 6.07) is 1.94. The van der Waals surface area contributed by atoms with Gasteiger partial charge in [0.15, 0.2) is 0 Å². The van der Waals surface area contributed by atoms with Crippen molar-refractivity contribution < 1.29 is 4.79 Å². The van der Waals surface area contributed by atoms with Crippen molar-refractivity contribution in [3.63, 3.8) is 0 Å². The molecule has 1 amide bonds. The van der Waals surface area contributed by atoms with Crippen LogP contribution < -0.4 is 5.32 Å². The standard InChI is InChI=1S/C15H16N4OS/c1-4-5-6-11(2)17-14(20)10-21-15-13-9-12(3)18-19(13)8-7-16-15/h4-9H,1-2,10H2,3H3,(H,17,20)/b6-5-. The van der Waals surface area contributed by atoms with Crippen LogP contribution in [0.2, 0.25) is 0 Å². The van der Waals surface area contributed by atoms with Crippen LogP contribution in [0.25, 0.3) is 5.52 Å². The zero-order valence-electron chi connectivity index (χ0n) is 11.7. The Balaban J connectivity index is 1.98. The molecule has 0 saturated heterocycles. The lowest BCUT2D eigenvalue weighted by molar-refractivity contribution is -0.117. The first-order chi connectivity index (χ1) is 10.1. The monoisotopic (exact) mass is 300 g/mol. The normalized spacial score (nSPS) is 10.9. The number of aryl methyl sites for hydroxylation is 1. The van der Waals surface area contributed by atoms with Crippen molar-refractivity contribution in [1.29, 1.82) is 0 Å². The number of amides is 1. The van der Waals surface area contributed by atoms with Gasteiger partial charge in [0.05, 0.1) is 17.0 Å². The van der Waals surface area contributed by atoms with E-state index in [1.54, 1.807) is 35.1 Å². The summed E-state index contributed by atoms with van der Waals surface area (Å²) in [5, 5.41) is 7.79. The largest absolute Gasteiger partial charge is 0.326 e. The fourth-order valence-corrected chi connectivity index (χ4v) is 2.48. The highest BCUT2D eigenvalue weighted by molar-refractivity contribution is 8.00. The van der Waals surface area contributed by atoms with Crippen LogP contribution in [0.4, 0.5) is 0 Å². The third-order valence-electron chi connectivity index (χ3n) is 2.55. The maximum absolute atomic E-state index is 11.8. The SMILES string of the molecule is C=C/C=C\C(=C)NC(=O)CSc1nccn2nc(C)cc12. The molecule has 1 N–H and O–H groups in total. The summed E-state index contributed by atoms with van der Waals surface area (Å²) >= 11 is 1.37. The molecule has 2 rings (SSSR count). The van der Waals surface area contributed by atoms with Crippen molar-refractivity contribution in [1.82, 2.24) is 19.9 Å². The Hall–Kier alpha value is -2.34. The average Bonchev–Trinajstić information content (AvgIpc) is 2.83. The molecule has 21 heavy (non-hydrogen) atoms. The highest BCUT2D eigenvalue weighted by Gasteiger charge is 2.09. The number of nitrogens with one attached hydrogen (secondary N) is 1. The van der Waals surface area contributed by atoms with Crippen molar-refractivity contribution >= 4 is 23.2 Å². The van der Waals surface area contributed by atoms with Crippen molar-refractivity contribution in [3.8, 4) is 0 Å². The summed E-state index contributed by atoms with van der Waals surface area (Å²) in [6.07, 6.45) is 8.49. The van der Waals surface area contributed by atoms with Crippen LogP contribution in [0.1, 0.15) is 5.69 Å². The summed E-state index contributed by atoms with van der Waals surface area (Å²) < 4.78 is 1.76. The molecule has 0 aliphatic heterocycles. The number of carbonyl (C=O) groups is 1. The van der Waals surface area contributed by atoms with Gasteiger partial charge in [-0.15, -0.1) is 0 Å². The van der Waals surface area contributed by atoms with Crippen molar-refractivity contribution in [2.75, 3.05) is 5.75 Å². The molecule has 0 atom stereocenters. The third kappa shape index (κ3) is 4.06. The fourth-order valence-electron chi connectivity index (χ4n) is 1.71. The Morgan fingerprint density at radius 3 is 3.14 bits per heavy atom. The molecule has 0 aliphatic rings. The Labute approximate surface area is 127 Å². The Morgan fingerprint density at radius 1 is 1.57 bits per heavy atom. The first-order valence-corrected chi connectivity index (χ1v) is 7.30. The summed E-state index contributed by atoms with van der Waals surface area (Å²) in [6.45, 7) is 9.21. The maximum atomic E-state index is 11.8. The van der Waals surface area contributed by atoms with Gasteiger partial charge in [0.25, 0.3) is 0 Å².